The van der Waals surface area contributed by atoms with Crippen LogP contribution < -0.4 is 0 Å². The molecular weight excluding hydrogens is 933 g/mol. The summed E-state index contributed by atoms with van der Waals surface area (Å²) in [5.41, 5.74) is 12.1. The van der Waals surface area contributed by atoms with Gasteiger partial charge in [-0.2, -0.15) is 0 Å². The summed E-state index contributed by atoms with van der Waals surface area (Å²) in [5.74, 6) is -0.0625. The Hall–Kier alpha value is -4.22. The number of carbonyl (C=O) groups is 1. The molecule has 1 radical (unpaired) electrons. The number of hydrogen-bond donors (Lipinski definition) is 1. The van der Waals surface area contributed by atoms with Crippen molar-refractivity contribution >= 4 is 27.2 Å². The van der Waals surface area contributed by atoms with Gasteiger partial charge >= 0.3 is 0 Å². The molecule has 0 spiro atoms. The number of nitrogens with zero attached hydrogens (tertiary/aromatic N) is 2. The molecule has 60 heavy (non-hydrogen) atoms. The number of unbranched alkanes of at least 4 members (excludes halogenated alkanes) is 10. The van der Waals surface area contributed by atoms with Crippen LogP contribution in [0.2, 0.25) is 0 Å². The van der Waals surface area contributed by atoms with Crippen LogP contribution >= 0.6 is 11.3 Å². The topological polar surface area (TPSA) is 63.1 Å². The Labute approximate surface area is 378 Å². The fraction of sp³-hybridized carbons (Fsp3) is 0.389. The van der Waals surface area contributed by atoms with Gasteiger partial charge in [0.1, 0.15) is 0 Å². The van der Waals surface area contributed by atoms with E-state index in [2.05, 4.69) is 112 Å². The third kappa shape index (κ3) is 13.6. The van der Waals surface area contributed by atoms with Gasteiger partial charge < -0.3 is 10.1 Å². The zero-order valence-electron chi connectivity index (χ0n) is 36.8. The molecule has 0 atom stereocenters. The first-order valence-electron chi connectivity index (χ1n) is 22.0. The second kappa shape index (κ2) is 24.9. The molecule has 1 aliphatic rings. The molecule has 4 nitrogen and oxygen atoms in total. The molecule has 7 rings (SSSR count). The second-order valence-corrected chi connectivity index (χ2v) is 17.3. The van der Waals surface area contributed by atoms with Crippen molar-refractivity contribution in [2.24, 2.45) is 0 Å². The Balaban J connectivity index is 0.000000281. The molecule has 319 valence electrons. The van der Waals surface area contributed by atoms with Gasteiger partial charge in [0, 0.05) is 54.7 Å². The zero-order valence-corrected chi connectivity index (χ0v) is 40.0. The summed E-state index contributed by atoms with van der Waals surface area (Å²) in [4.78, 5) is 20.3. The number of thiophene rings is 1. The van der Waals surface area contributed by atoms with Gasteiger partial charge in [0.05, 0.1) is 11.5 Å². The van der Waals surface area contributed by atoms with Crippen LogP contribution in [0.25, 0.3) is 43.0 Å². The average molecular weight is 998 g/mol. The fourth-order valence-corrected chi connectivity index (χ4v) is 9.36. The van der Waals surface area contributed by atoms with Gasteiger partial charge in [-0.3, -0.25) is 9.78 Å². The number of allylic oxidation sites excluding steroid dienone is 2. The van der Waals surface area contributed by atoms with Gasteiger partial charge in [0.2, 0.25) is 0 Å². The van der Waals surface area contributed by atoms with Crippen molar-refractivity contribution in [1.82, 2.24) is 9.97 Å². The summed E-state index contributed by atoms with van der Waals surface area (Å²) in [6, 6.07) is 38.4. The Morgan fingerprint density at radius 2 is 1.30 bits per heavy atom. The molecule has 6 aromatic rings. The zero-order chi connectivity index (χ0) is 42.0. The predicted molar refractivity (Wildman–Crippen MR) is 252 cm³/mol. The van der Waals surface area contributed by atoms with E-state index in [9.17, 15) is 4.79 Å². The summed E-state index contributed by atoms with van der Waals surface area (Å²) in [6.45, 7) is 11.8. The maximum atomic E-state index is 10.0. The van der Waals surface area contributed by atoms with E-state index in [1.54, 1.807) is 22.5 Å². The minimum Gasteiger partial charge on any atom is -0.512 e. The molecule has 3 aromatic heterocycles. The molecule has 0 unspecified atom stereocenters. The van der Waals surface area contributed by atoms with Crippen molar-refractivity contribution in [3.63, 3.8) is 0 Å². The van der Waals surface area contributed by atoms with E-state index in [-0.39, 0.29) is 37.1 Å². The third-order valence-electron chi connectivity index (χ3n) is 11.3. The summed E-state index contributed by atoms with van der Waals surface area (Å²) in [6.07, 6.45) is 21.8. The standard InChI is InChI=1S/C36H49N.C13H8NS.C5H8O2.Ir/c1-5-7-9-11-13-15-24-36(25-16-14-12-10-8-6-2)33-26-28(3)20-22-31(33)32-23-21-30(27-34(32)36)35-19-17-18-29(4)37-35;1-2-7-12-10(5-1)9-13(15-12)11-6-3-4-8-14-11;1-4(6)3-5(2)7;/h17-23,26-27H,5-16,24-25H2,1-4H3;1-8H;3,6H,1-2H3;/q;-1;;. The van der Waals surface area contributed by atoms with Gasteiger partial charge in [0.15, 0.2) is 5.78 Å². The van der Waals surface area contributed by atoms with Crippen molar-refractivity contribution in [2.45, 2.75) is 137 Å². The molecule has 1 N–H and O–H groups in total. The maximum absolute atomic E-state index is 10.0. The number of aliphatic hydroxyl groups is 1. The number of aromatic nitrogens is 2. The molecule has 0 aliphatic heterocycles. The van der Waals surface area contributed by atoms with Gasteiger partial charge in [-0.15, -0.1) is 23.6 Å². The van der Waals surface area contributed by atoms with Crippen LogP contribution in [-0.4, -0.2) is 20.9 Å². The van der Waals surface area contributed by atoms with Crippen LogP contribution in [0.1, 0.15) is 140 Å². The largest absolute Gasteiger partial charge is 0.512 e. The average Bonchev–Trinajstić information content (AvgIpc) is 3.78. The van der Waals surface area contributed by atoms with Gasteiger partial charge in [0.25, 0.3) is 0 Å². The van der Waals surface area contributed by atoms with E-state index in [1.165, 1.54) is 142 Å². The number of benzene rings is 3. The predicted octanol–water partition coefficient (Wildman–Crippen LogP) is 15.9. The van der Waals surface area contributed by atoms with E-state index in [0.717, 1.165) is 22.0 Å². The maximum Gasteiger partial charge on any atom is 0.155 e. The summed E-state index contributed by atoms with van der Waals surface area (Å²) >= 11 is 1.73. The molecule has 3 aromatic carbocycles. The number of fused-ring (bicyclic) bond motifs is 4. The van der Waals surface area contributed by atoms with Crippen molar-refractivity contribution in [3.05, 3.63) is 144 Å². The van der Waals surface area contributed by atoms with E-state index in [1.807, 2.05) is 30.5 Å². The first kappa shape index (κ1) is 48.4. The normalized spacial score (nSPS) is 12.3. The molecule has 0 fully saturated rings. The van der Waals surface area contributed by atoms with Crippen LogP contribution in [0.4, 0.5) is 0 Å². The monoisotopic (exact) mass is 998 g/mol. The van der Waals surface area contributed by atoms with Crippen LogP contribution in [0.5, 0.6) is 0 Å². The third-order valence-corrected chi connectivity index (χ3v) is 12.4. The fourth-order valence-electron chi connectivity index (χ4n) is 8.37. The van der Waals surface area contributed by atoms with E-state index in [4.69, 9.17) is 10.1 Å². The molecule has 6 heteroatoms. The number of aliphatic hydroxyl groups excluding tert-OH is 1. The molecule has 0 amide bonds. The minimum atomic E-state index is -0.125. The van der Waals surface area contributed by atoms with Crippen LogP contribution in [-0.2, 0) is 30.3 Å². The first-order chi connectivity index (χ1) is 28.6. The van der Waals surface area contributed by atoms with Gasteiger partial charge in [-0.25, -0.2) is 11.3 Å². The smallest absolute Gasteiger partial charge is 0.155 e. The number of carbonyl (C=O) groups excluding carboxylic acids is 1. The molecular formula is C54H65IrN2O2S-. The van der Waals surface area contributed by atoms with Gasteiger partial charge in [-0.05, 0) is 96.6 Å². The molecule has 0 saturated heterocycles. The Kier molecular flexibility index (Phi) is 20.1. The number of rotatable bonds is 17. The van der Waals surface area contributed by atoms with Crippen molar-refractivity contribution < 1.29 is 30.0 Å². The Morgan fingerprint density at radius 3 is 1.88 bits per heavy atom. The van der Waals surface area contributed by atoms with Crippen LogP contribution in [0.3, 0.4) is 0 Å². The molecule has 3 heterocycles. The van der Waals surface area contributed by atoms with Crippen molar-refractivity contribution in [3.8, 4) is 33.0 Å². The minimum absolute atomic E-state index is 0. The number of pyridine rings is 2. The second-order valence-electron chi connectivity index (χ2n) is 16.3. The van der Waals surface area contributed by atoms with E-state index >= 15 is 0 Å². The molecule has 0 saturated carbocycles. The number of aryl methyl sites for hydroxylation is 2. The Bertz CT molecular complexity index is 2210. The summed E-state index contributed by atoms with van der Waals surface area (Å²) < 4.78 is 1.26. The summed E-state index contributed by atoms with van der Waals surface area (Å²) in [7, 11) is 0. The molecule has 1 aliphatic carbocycles. The number of ketones is 1. The van der Waals surface area contributed by atoms with Crippen molar-refractivity contribution in [1.29, 1.82) is 0 Å². The molecule has 0 bridgehead atoms. The van der Waals surface area contributed by atoms with Crippen LogP contribution in [0, 0.1) is 19.9 Å². The number of hydrogen-bond acceptors (Lipinski definition) is 5. The van der Waals surface area contributed by atoms with E-state index < -0.39 is 0 Å². The Morgan fingerprint density at radius 1 is 0.700 bits per heavy atom. The van der Waals surface area contributed by atoms with Gasteiger partial charge in [-0.1, -0.05) is 157 Å². The summed E-state index contributed by atoms with van der Waals surface area (Å²) in [5, 5.41) is 9.53. The van der Waals surface area contributed by atoms with Crippen molar-refractivity contribution in [2.75, 3.05) is 0 Å². The SMILES string of the molecule is CC(=O)C=C(C)O.CCCCCCCCC1(CCCCCCCC)c2cc(C)ccc2-c2ccc(-c3cccc(C)n3)cc21.[Ir].[c-]1c(-c2ccccn2)sc2ccccc12. The van der Waals surface area contributed by atoms with E-state index in [0.29, 0.717) is 0 Å². The van der Waals surface area contributed by atoms with Crippen LogP contribution in [0.15, 0.2) is 115 Å². The quantitative estimate of drug-likeness (QED) is 0.0428. The first-order valence-corrected chi connectivity index (χ1v) is 22.9.